The van der Waals surface area contributed by atoms with Gasteiger partial charge in [-0.25, -0.2) is 0 Å². The molecule has 114 valence electrons. The molecule has 21 heavy (non-hydrogen) atoms. The molecule has 0 atom stereocenters. The molecule has 2 rings (SSSR count). The zero-order valence-corrected chi connectivity index (χ0v) is 13.4. The largest absolute Gasteiger partial charge is 0.409 e. The number of nitrogens with one attached hydrogen (secondary N) is 1. The van der Waals surface area contributed by atoms with Crippen LogP contribution in [0.2, 0.25) is 0 Å². The van der Waals surface area contributed by atoms with Crippen LogP contribution in [-0.4, -0.2) is 17.0 Å². The molecule has 0 unspecified atom stereocenters. The number of oxime groups is 1. The molecule has 0 aliphatic heterocycles. The average molecular weight is 354 g/mol. The van der Waals surface area contributed by atoms with Gasteiger partial charge < -0.3 is 16.3 Å². The third kappa shape index (κ3) is 4.20. The molecule has 0 radical (unpaired) electrons. The van der Waals surface area contributed by atoms with Gasteiger partial charge in [0.25, 0.3) is 0 Å². The first kappa shape index (κ1) is 15.8. The monoisotopic (exact) mass is 353 g/mol. The van der Waals surface area contributed by atoms with Gasteiger partial charge in [-0.05, 0) is 47.0 Å². The van der Waals surface area contributed by atoms with Crippen LogP contribution in [0.15, 0.2) is 27.8 Å². The minimum absolute atomic E-state index is 0.0392. The number of carbonyl (C=O) groups excluding carboxylic acids is 1. The smallest absolute Gasteiger partial charge is 0.227 e. The zero-order chi connectivity index (χ0) is 15.2. The lowest BCUT2D eigenvalue weighted by atomic mass is 9.99. The molecule has 0 heterocycles. The van der Waals surface area contributed by atoms with Gasteiger partial charge in [0.05, 0.1) is 5.69 Å². The molecule has 0 aromatic heterocycles. The van der Waals surface area contributed by atoms with Crippen LogP contribution in [0.1, 0.15) is 44.1 Å². The molecular weight excluding hydrogens is 334 g/mol. The fraction of sp³-hybridized carbons (Fsp3) is 0.467. The van der Waals surface area contributed by atoms with Crippen LogP contribution in [-0.2, 0) is 4.79 Å². The predicted molar refractivity (Wildman–Crippen MR) is 86.5 cm³/mol. The number of hydrogen-bond donors (Lipinski definition) is 3. The molecule has 4 N–H and O–H groups in total. The highest BCUT2D eigenvalue weighted by Crippen LogP contribution is 2.27. The SMILES string of the molecule is N/C(=N/O)c1ccc(NC(=O)C2CCCCCC2)c(Br)c1. The molecule has 1 aliphatic rings. The van der Waals surface area contributed by atoms with Gasteiger partial charge in [0, 0.05) is 16.0 Å². The number of hydrogen-bond acceptors (Lipinski definition) is 3. The highest BCUT2D eigenvalue weighted by Gasteiger charge is 2.20. The first-order valence-electron chi connectivity index (χ1n) is 7.20. The van der Waals surface area contributed by atoms with E-state index in [2.05, 4.69) is 26.4 Å². The van der Waals surface area contributed by atoms with Crippen LogP contribution >= 0.6 is 15.9 Å². The molecule has 0 spiro atoms. The third-order valence-electron chi connectivity index (χ3n) is 3.86. The molecule has 1 fully saturated rings. The number of nitrogens with zero attached hydrogens (tertiary/aromatic N) is 1. The number of amides is 1. The minimum Gasteiger partial charge on any atom is -0.409 e. The molecule has 5 nitrogen and oxygen atoms in total. The maximum atomic E-state index is 12.3. The molecule has 1 aromatic carbocycles. The van der Waals surface area contributed by atoms with E-state index >= 15 is 0 Å². The lowest BCUT2D eigenvalue weighted by Gasteiger charge is -2.15. The molecule has 1 aliphatic carbocycles. The molecule has 0 bridgehead atoms. The van der Waals surface area contributed by atoms with Crippen molar-refractivity contribution in [2.75, 3.05) is 5.32 Å². The molecular formula is C15H20BrN3O2. The van der Waals surface area contributed by atoms with E-state index in [0.717, 1.165) is 25.7 Å². The van der Waals surface area contributed by atoms with Gasteiger partial charge in [-0.2, -0.15) is 0 Å². The molecule has 1 aromatic rings. The summed E-state index contributed by atoms with van der Waals surface area (Å²) in [6, 6.07) is 5.19. The Kier molecular flexibility index (Phi) is 5.61. The van der Waals surface area contributed by atoms with Crippen molar-refractivity contribution in [1.82, 2.24) is 0 Å². The molecule has 1 amide bonds. The number of amidine groups is 1. The second kappa shape index (κ2) is 7.45. The Morgan fingerprint density at radius 3 is 2.52 bits per heavy atom. The number of carbonyl (C=O) groups is 1. The Balaban J connectivity index is 2.06. The summed E-state index contributed by atoms with van der Waals surface area (Å²) in [6.07, 6.45) is 6.63. The summed E-state index contributed by atoms with van der Waals surface area (Å²) in [7, 11) is 0. The maximum absolute atomic E-state index is 12.3. The van der Waals surface area contributed by atoms with Gasteiger partial charge in [0.15, 0.2) is 5.84 Å². The van der Waals surface area contributed by atoms with E-state index in [9.17, 15) is 4.79 Å². The first-order valence-corrected chi connectivity index (χ1v) is 7.99. The highest BCUT2D eigenvalue weighted by molar-refractivity contribution is 9.10. The van der Waals surface area contributed by atoms with Gasteiger partial charge in [-0.1, -0.05) is 30.8 Å². The van der Waals surface area contributed by atoms with E-state index in [0.29, 0.717) is 15.7 Å². The van der Waals surface area contributed by atoms with Crippen molar-refractivity contribution < 1.29 is 10.0 Å². The van der Waals surface area contributed by atoms with Crippen LogP contribution in [0.5, 0.6) is 0 Å². The number of benzene rings is 1. The number of rotatable bonds is 3. The van der Waals surface area contributed by atoms with Crippen LogP contribution in [0.25, 0.3) is 0 Å². The molecule has 6 heteroatoms. The van der Waals surface area contributed by atoms with Crippen LogP contribution in [0, 0.1) is 5.92 Å². The maximum Gasteiger partial charge on any atom is 0.227 e. The van der Waals surface area contributed by atoms with Gasteiger partial charge in [0.1, 0.15) is 0 Å². The first-order chi connectivity index (χ1) is 10.1. The minimum atomic E-state index is 0.0392. The Morgan fingerprint density at radius 1 is 1.29 bits per heavy atom. The van der Waals surface area contributed by atoms with Crippen molar-refractivity contribution in [3.05, 3.63) is 28.2 Å². The lowest BCUT2D eigenvalue weighted by molar-refractivity contribution is -0.120. The summed E-state index contributed by atoms with van der Waals surface area (Å²) < 4.78 is 0.716. The third-order valence-corrected chi connectivity index (χ3v) is 4.51. The summed E-state index contributed by atoms with van der Waals surface area (Å²) in [5.74, 6) is 0.217. The summed E-state index contributed by atoms with van der Waals surface area (Å²) in [5, 5.41) is 14.6. The Bertz CT molecular complexity index is 538. The standard InChI is InChI=1S/C15H20BrN3O2/c16-12-9-11(14(17)19-21)7-8-13(12)18-15(20)10-5-3-1-2-4-6-10/h7-10,21H,1-6H2,(H2,17,19)(H,18,20). The highest BCUT2D eigenvalue weighted by atomic mass is 79.9. The molecule has 0 saturated heterocycles. The van der Waals surface area contributed by atoms with Crippen LogP contribution < -0.4 is 11.1 Å². The number of anilines is 1. The zero-order valence-electron chi connectivity index (χ0n) is 11.8. The summed E-state index contributed by atoms with van der Waals surface area (Å²) in [4.78, 5) is 12.3. The number of halogens is 1. The number of nitrogens with two attached hydrogens (primary N) is 1. The van der Waals surface area contributed by atoms with Crippen molar-refractivity contribution in [3.63, 3.8) is 0 Å². The van der Waals surface area contributed by atoms with Gasteiger partial charge in [0.2, 0.25) is 5.91 Å². The van der Waals surface area contributed by atoms with Crippen LogP contribution in [0.3, 0.4) is 0 Å². The Hall–Kier alpha value is -1.56. The van der Waals surface area contributed by atoms with Crippen molar-refractivity contribution in [2.45, 2.75) is 38.5 Å². The van der Waals surface area contributed by atoms with E-state index in [1.165, 1.54) is 12.8 Å². The fourth-order valence-corrected chi connectivity index (χ4v) is 3.09. The van der Waals surface area contributed by atoms with E-state index < -0.39 is 0 Å². The van der Waals surface area contributed by atoms with Gasteiger partial charge >= 0.3 is 0 Å². The summed E-state index contributed by atoms with van der Waals surface area (Å²) in [5.41, 5.74) is 6.84. The van der Waals surface area contributed by atoms with Gasteiger partial charge in [-0.3, -0.25) is 4.79 Å². The van der Waals surface area contributed by atoms with E-state index in [-0.39, 0.29) is 17.7 Å². The van der Waals surface area contributed by atoms with Crippen LogP contribution in [0.4, 0.5) is 5.69 Å². The normalized spacial score (nSPS) is 17.3. The molecule has 1 saturated carbocycles. The van der Waals surface area contributed by atoms with Crippen molar-refractivity contribution >= 4 is 33.4 Å². The summed E-state index contributed by atoms with van der Waals surface area (Å²) >= 11 is 3.41. The Morgan fingerprint density at radius 2 is 1.95 bits per heavy atom. The fourth-order valence-electron chi connectivity index (χ4n) is 2.61. The van der Waals surface area contributed by atoms with E-state index in [1.807, 2.05) is 0 Å². The van der Waals surface area contributed by atoms with E-state index in [4.69, 9.17) is 10.9 Å². The second-order valence-electron chi connectivity index (χ2n) is 5.36. The quantitative estimate of drug-likeness (QED) is 0.255. The van der Waals surface area contributed by atoms with Crippen molar-refractivity contribution in [3.8, 4) is 0 Å². The van der Waals surface area contributed by atoms with Crippen molar-refractivity contribution in [1.29, 1.82) is 0 Å². The second-order valence-corrected chi connectivity index (χ2v) is 6.21. The predicted octanol–water partition coefficient (Wildman–Crippen LogP) is 3.45. The van der Waals surface area contributed by atoms with Gasteiger partial charge in [-0.15, -0.1) is 0 Å². The average Bonchev–Trinajstić information content (AvgIpc) is 2.77. The van der Waals surface area contributed by atoms with E-state index in [1.54, 1.807) is 18.2 Å². The summed E-state index contributed by atoms with van der Waals surface area (Å²) in [6.45, 7) is 0. The van der Waals surface area contributed by atoms with Crippen molar-refractivity contribution in [2.24, 2.45) is 16.8 Å². The Labute approximate surface area is 132 Å². The topological polar surface area (TPSA) is 87.7 Å². The lowest BCUT2D eigenvalue weighted by Crippen LogP contribution is -2.22.